The highest BCUT2D eigenvalue weighted by molar-refractivity contribution is 5.69. The lowest BCUT2D eigenvalue weighted by Gasteiger charge is -2.43. The maximum absolute atomic E-state index is 12.7. The molecule has 1 amide bonds. The number of imidazole rings is 1. The number of nitrogens with zero attached hydrogens (tertiary/aromatic N) is 3. The summed E-state index contributed by atoms with van der Waals surface area (Å²) >= 11 is 0. The number of carbonyl (C=O) groups is 1. The van der Waals surface area contributed by atoms with E-state index in [-0.39, 0.29) is 24.8 Å². The van der Waals surface area contributed by atoms with Crippen LogP contribution in [0, 0.1) is 0 Å². The molecule has 0 spiro atoms. The van der Waals surface area contributed by atoms with E-state index in [1.165, 1.54) is 0 Å². The number of hydrogen-bond acceptors (Lipinski definition) is 4. The third kappa shape index (κ3) is 2.94. The largest absolute Gasteiger partial charge is 0.445 e. The molecule has 2 fully saturated rings. The summed E-state index contributed by atoms with van der Waals surface area (Å²) in [7, 11) is 0. The highest BCUT2D eigenvalue weighted by Crippen LogP contribution is 2.46. The van der Waals surface area contributed by atoms with Gasteiger partial charge in [0.1, 0.15) is 12.3 Å². The molecule has 2 unspecified atom stereocenters. The number of aromatic nitrogens is 2. The van der Waals surface area contributed by atoms with Gasteiger partial charge in [-0.15, -0.1) is 0 Å². The van der Waals surface area contributed by atoms with Crippen LogP contribution >= 0.6 is 0 Å². The van der Waals surface area contributed by atoms with Crippen LogP contribution in [0.3, 0.4) is 0 Å². The fourth-order valence-corrected chi connectivity index (χ4v) is 4.75. The molecule has 2 bridgehead atoms. The van der Waals surface area contributed by atoms with Gasteiger partial charge in [0.05, 0.1) is 5.60 Å². The minimum absolute atomic E-state index is 0.00510. The molecule has 0 saturated carbocycles. The Balaban J connectivity index is 1.32. The number of aliphatic hydroxyl groups is 1. The van der Waals surface area contributed by atoms with E-state index in [0.29, 0.717) is 12.8 Å². The molecule has 5 rings (SSSR count). The second-order valence-corrected chi connectivity index (χ2v) is 7.88. The third-order valence-electron chi connectivity index (χ3n) is 6.11. The molecule has 2 atom stereocenters. The average Bonchev–Trinajstić information content (AvgIpc) is 3.29. The fraction of sp³-hybridized carbons (Fsp3) is 0.364. The Labute approximate surface area is 163 Å². The second kappa shape index (κ2) is 6.63. The van der Waals surface area contributed by atoms with E-state index < -0.39 is 5.60 Å². The summed E-state index contributed by atoms with van der Waals surface area (Å²) in [6.45, 7) is 0.275. The second-order valence-electron chi connectivity index (χ2n) is 7.88. The van der Waals surface area contributed by atoms with Gasteiger partial charge in [-0.1, -0.05) is 36.4 Å². The van der Waals surface area contributed by atoms with Crippen molar-refractivity contribution in [1.82, 2.24) is 14.3 Å². The first-order valence-corrected chi connectivity index (χ1v) is 9.77. The SMILES string of the molecule is O=C(OCc1ccccc1)N1C2CCC1CC(O)(c1ccc3nccn3c1)C2. The molecular weight excluding hydrogens is 354 g/mol. The van der Waals surface area contributed by atoms with Crippen molar-refractivity contribution in [2.24, 2.45) is 0 Å². The van der Waals surface area contributed by atoms with Crippen molar-refractivity contribution in [2.75, 3.05) is 0 Å². The van der Waals surface area contributed by atoms with Crippen LogP contribution in [-0.4, -0.2) is 37.6 Å². The van der Waals surface area contributed by atoms with Crippen LogP contribution in [0.4, 0.5) is 4.79 Å². The summed E-state index contributed by atoms with van der Waals surface area (Å²) in [5, 5.41) is 11.4. The molecule has 1 aromatic carbocycles. The number of ether oxygens (including phenoxy) is 1. The molecule has 0 aliphatic carbocycles. The van der Waals surface area contributed by atoms with Gasteiger partial charge in [-0.05, 0) is 24.5 Å². The Bertz CT molecular complexity index is 986. The molecular formula is C22H23N3O3. The Hall–Kier alpha value is -2.86. The summed E-state index contributed by atoms with van der Waals surface area (Å²) in [5.74, 6) is 0. The van der Waals surface area contributed by atoms with Crippen LogP contribution < -0.4 is 0 Å². The Kier molecular flexibility index (Phi) is 4.09. The monoisotopic (exact) mass is 377 g/mol. The number of pyridine rings is 1. The number of carbonyl (C=O) groups excluding carboxylic acids is 1. The van der Waals surface area contributed by atoms with Crippen LogP contribution in [0.5, 0.6) is 0 Å². The van der Waals surface area contributed by atoms with E-state index in [1.54, 1.807) is 6.20 Å². The number of hydrogen-bond donors (Lipinski definition) is 1. The average molecular weight is 377 g/mol. The molecule has 0 radical (unpaired) electrons. The fourth-order valence-electron chi connectivity index (χ4n) is 4.75. The van der Waals surface area contributed by atoms with Gasteiger partial charge in [0.2, 0.25) is 0 Å². The van der Waals surface area contributed by atoms with Gasteiger partial charge in [0.15, 0.2) is 0 Å². The lowest BCUT2D eigenvalue weighted by Crippen LogP contribution is -2.52. The lowest BCUT2D eigenvalue weighted by molar-refractivity contribution is -0.0539. The zero-order valence-corrected chi connectivity index (χ0v) is 15.6. The summed E-state index contributed by atoms with van der Waals surface area (Å²) in [5.41, 5.74) is 1.79. The summed E-state index contributed by atoms with van der Waals surface area (Å²) in [4.78, 5) is 18.8. The van der Waals surface area contributed by atoms with Gasteiger partial charge < -0.3 is 19.1 Å². The van der Waals surface area contributed by atoms with Gasteiger partial charge in [0, 0.05) is 49.1 Å². The van der Waals surface area contributed by atoms with E-state index in [0.717, 1.165) is 29.6 Å². The van der Waals surface area contributed by atoms with Crippen LogP contribution in [0.15, 0.2) is 61.1 Å². The van der Waals surface area contributed by atoms with Crippen molar-refractivity contribution < 1.29 is 14.6 Å². The van der Waals surface area contributed by atoms with E-state index in [4.69, 9.17) is 4.74 Å². The van der Waals surface area contributed by atoms with E-state index in [9.17, 15) is 9.90 Å². The predicted octanol–water partition coefficient (Wildman–Crippen LogP) is 3.49. The molecule has 6 nitrogen and oxygen atoms in total. The summed E-state index contributed by atoms with van der Waals surface area (Å²) in [6, 6.07) is 13.6. The smallest absolute Gasteiger partial charge is 0.410 e. The predicted molar refractivity (Wildman–Crippen MR) is 104 cm³/mol. The first-order valence-electron chi connectivity index (χ1n) is 9.77. The molecule has 144 valence electrons. The van der Waals surface area contributed by atoms with Gasteiger partial charge in [0.25, 0.3) is 0 Å². The molecule has 2 aromatic heterocycles. The molecule has 28 heavy (non-hydrogen) atoms. The number of benzene rings is 1. The van der Waals surface area contributed by atoms with Gasteiger partial charge in [-0.2, -0.15) is 0 Å². The van der Waals surface area contributed by atoms with E-state index in [2.05, 4.69) is 4.98 Å². The molecule has 4 heterocycles. The Morgan fingerprint density at radius 3 is 2.64 bits per heavy atom. The minimum atomic E-state index is -0.930. The van der Waals surface area contributed by atoms with Crippen LogP contribution in [-0.2, 0) is 16.9 Å². The van der Waals surface area contributed by atoms with Crippen molar-refractivity contribution in [3.63, 3.8) is 0 Å². The molecule has 2 aliphatic heterocycles. The van der Waals surface area contributed by atoms with Crippen molar-refractivity contribution in [3.05, 3.63) is 72.2 Å². The molecule has 6 heteroatoms. The van der Waals surface area contributed by atoms with Crippen LogP contribution in [0.25, 0.3) is 5.65 Å². The minimum Gasteiger partial charge on any atom is -0.445 e. The maximum atomic E-state index is 12.7. The van der Waals surface area contributed by atoms with Crippen molar-refractivity contribution in [3.8, 4) is 0 Å². The first kappa shape index (κ1) is 17.3. The van der Waals surface area contributed by atoms with Crippen molar-refractivity contribution in [2.45, 2.75) is 50.0 Å². The standard InChI is InChI=1S/C22H23N3O3/c26-21(28-15-16-4-2-1-3-5-16)25-18-7-8-19(25)13-22(27,12-18)17-6-9-20-23-10-11-24(20)14-17/h1-6,9-11,14,18-19,27H,7-8,12-13,15H2. The Morgan fingerprint density at radius 1 is 1.14 bits per heavy atom. The van der Waals surface area contributed by atoms with E-state index in [1.807, 2.05) is 64.2 Å². The number of amides is 1. The lowest BCUT2D eigenvalue weighted by atomic mass is 9.81. The Morgan fingerprint density at radius 2 is 1.89 bits per heavy atom. The third-order valence-corrected chi connectivity index (χ3v) is 6.11. The molecule has 2 saturated heterocycles. The quantitative estimate of drug-likeness (QED) is 0.759. The zero-order valence-electron chi connectivity index (χ0n) is 15.6. The van der Waals surface area contributed by atoms with E-state index >= 15 is 0 Å². The first-order chi connectivity index (χ1) is 13.6. The number of fused-ring (bicyclic) bond motifs is 3. The number of piperidine rings is 1. The highest BCUT2D eigenvalue weighted by atomic mass is 16.6. The van der Waals surface area contributed by atoms with Gasteiger partial charge >= 0.3 is 6.09 Å². The van der Waals surface area contributed by atoms with Crippen molar-refractivity contribution >= 4 is 11.7 Å². The maximum Gasteiger partial charge on any atom is 0.410 e. The highest BCUT2D eigenvalue weighted by Gasteiger charge is 2.50. The molecule has 2 aliphatic rings. The van der Waals surface area contributed by atoms with Gasteiger partial charge in [-0.25, -0.2) is 9.78 Å². The van der Waals surface area contributed by atoms with Crippen LogP contribution in [0.1, 0.15) is 36.8 Å². The van der Waals surface area contributed by atoms with Crippen LogP contribution in [0.2, 0.25) is 0 Å². The zero-order chi connectivity index (χ0) is 19.1. The summed E-state index contributed by atoms with van der Waals surface area (Å²) in [6.07, 6.45) is 8.18. The molecule has 1 N–H and O–H groups in total. The number of rotatable bonds is 3. The molecule has 3 aromatic rings. The van der Waals surface area contributed by atoms with Gasteiger partial charge in [-0.3, -0.25) is 0 Å². The summed E-state index contributed by atoms with van der Waals surface area (Å²) < 4.78 is 7.49. The van der Waals surface area contributed by atoms with Crippen molar-refractivity contribution in [1.29, 1.82) is 0 Å². The topological polar surface area (TPSA) is 67.1 Å². The normalized spacial score (nSPS) is 26.5.